The van der Waals surface area contributed by atoms with Crippen LogP contribution in [0.25, 0.3) is 0 Å². The molecule has 0 atom stereocenters. The van der Waals surface area contributed by atoms with Crippen LogP contribution in [0.4, 0.5) is 0 Å². The van der Waals surface area contributed by atoms with Crippen molar-refractivity contribution in [3.05, 3.63) is 29.8 Å². The zero-order valence-electron chi connectivity index (χ0n) is 7.27. The molecule has 0 radical (unpaired) electrons. The first-order valence-corrected chi connectivity index (χ1v) is 5.94. The average Bonchev–Trinajstić information content (AvgIpc) is 2.14. The highest BCUT2D eigenvalue weighted by Crippen LogP contribution is 2.08. The average molecular weight is 227 g/mol. The number of thiol groups is 1. The molecule has 2 N–H and O–H groups in total. The number of primary sulfonamides is 1. The summed E-state index contributed by atoms with van der Waals surface area (Å²) in [6, 6.07) is 6.18. The van der Waals surface area contributed by atoms with Gasteiger partial charge in [0.15, 0.2) is 0 Å². The minimum atomic E-state index is -3.64. The summed E-state index contributed by atoms with van der Waals surface area (Å²) in [4.78, 5) is 0.0727. The molecule has 0 aliphatic rings. The van der Waals surface area contributed by atoms with Gasteiger partial charge in [-0.2, -0.15) is 12.6 Å². The molecule has 14 heavy (non-hydrogen) atoms. The highest BCUT2D eigenvalue weighted by atomic mass is 32.2. The maximum Gasteiger partial charge on any atom is 0.238 e. The second kappa shape index (κ2) is 4.51. The number of benzene rings is 1. The zero-order chi connectivity index (χ0) is 10.6. The minimum Gasteiger partial charge on any atom is -0.225 e. The molecule has 1 aromatic carbocycles. The smallest absolute Gasteiger partial charge is 0.225 e. The SMILES string of the molecule is NS(=O)(=O)c1cccc(C#CCS)c1. The van der Waals surface area contributed by atoms with Crippen molar-refractivity contribution < 1.29 is 8.42 Å². The van der Waals surface area contributed by atoms with Gasteiger partial charge in [0.25, 0.3) is 0 Å². The topological polar surface area (TPSA) is 60.2 Å². The molecular weight excluding hydrogens is 218 g/mol. The fourth-order valence-corrected chi connectivity index (χ4v) is 1.53. The molecule has 0 heterocycles. The van der Waals surface area contributed by atoms with Crippen molar-refractivity contribution in [3.63, 3.8) is 0 Å². The summed E-state index contributed by atoms with van der Waals surface area (Å²) >= 11 is 3.92. The number of rotatable bonds is 1. The third kappa shape index (κ3) is 3.07. The van der Waals surface area contributed by atoms with E-state index in [4.69, 9.17) is 5.14 Å². The van der Waals surface area contributed by atoms with Crippen LogP contribution in [-0.2, 0) is 10.0 Å². The molecule has 0 amide bonds. The first-order valence-electron chi connectivity index (χ1n) is 3.76. The number of hydrogen-bond acceptors (Lipinski definition) is 3. The Hall–Kier alpha value is -0.960. The molecule has 0 aliphatic heterocycles. The van der Waals surface area contributed by atoms with Crippen LogP contribution in [0.5, 0.6) is 0 Å². The van der Waals surface area contributed by atoms with Gasteiger partial charge in [0, 0.05) is 5.56 Å². The summed E-state index contributed by atoms with van der Waals surface area (Å²) in [5.74, 6) is 5.91. The first-order chi connectivity index (χ1) is 6.54. The Kier molecular flexibility index (Phi) is 3.58. The molecule has 0 unspecified atom stereocenters. The maximum absolute atomic E-state index is 11.0. The van der Waals surface area contributed by atoms with E-state index in [1.165, 1.54) is 12.1 Å². The Morgan fingerprint density at radius 3 is 2.71 bits per heavy atom. The lowest BCUT2D eigenvalue weighted by Gasteiger charge is -1.97. The molecule has 5 heteroatoms. The van der Waals surface area contributed by atoms with E-state index >= 15 is 0 Å². The Morgan fingerprint density at radius 2 is 2.14 bits per heavy atom. The van der Waals surface area contributed by atoms with E-state index < -0.39 is 10.0 Å². The van der Waals surface area contributed by atoms with Crippen LogP contribution >= 0.6 is 12.6 Å². The van der Waals surface area contributed by atoms with Crippen molar-refractivity contribution >= 4 is 22.7 Å². The van der Waals surface area contributed by atoms with Gasteiger partial charge >= 0.3 is 0 Å². The van der Waals surface area contributed by atoms with Crippen molar-refractivity contribution in [2.75, 3.05) is 5.75 Å². The minimum absolute atomic E-state index is 0.0727. The van der Waals surface area contributed by atoms with Gasteiger partial charge < -0.3 is 0 Å². The van der Waals surface area contributed by atoms with E-state index in [9.17, 15) is 8.42 Å². The Balaban J connectivity index is 3.14. The number of nitrogens with two attached hydrogens (primary N) is 1. The summed E-state index contributed by atoms with van der Waals surface area (Å²) in [6.45, 7) is 0. The quantitative estimate of drug-likeness (QED) is 0.545. The van der Waals surface area contributed by atoms with Gasteiger partial charge in [-0.3, -0.25) is 0 Å². The Labute approximate surface area is 88.8 Å². The predicted octanol–water partition coefficient (Wildman–Crippen LogP) is 0.615. The lowest BCUT2D eigenvalue weighted by molar-refractivity contribution is 0.598. The van der Waals surface area contributed by atoms with Crippen molar-refractivity contribution in [2.24, 2.45) is 5.14 Å². The second-order valence-electron chi connectivity index (χ2n) is 2.53. The van der Waals surface area contributed by atoms with Crippen LogP contribution in [0.15, 0.2) is 29.2 Å². The highest BCUT2D eigenvalue weighted by Gasteiger charge is 2.06. The van der Waals surface area contributed by atoms with Gasteiger partial charge in [0.1, 0.15) is 0 Å². The molecule has 0 aliphatic carbocycles. The second-order valence-corrected chi connectivity index (χ2v) is 4.41. The first kappa shape index (κ1) is 11.1. The molecule has 0 aromatic heterocycles. The Morgan fingerprint density at radius 1 is 1.43 bits per heavy atom. The molecule has 1 rings (SSSR count). The maximum atomic E-state index is 11.0. The largest absolute Gasteiger partial charge is 0.238 e. The van der Waals surface area contributed by atoms with E-state index in [-0.39, 0.29) is 4.90 Å². The van der Waals surface area contributed by atoms with E-state index in [1.807, 2.05) is 0 Å². The Bertz CT molecular complexity index is 483. The summed E-state index contributed by atoms with van der Waals surface area (Å²) in [5, 5.41) is 4.96. The normalized spacial score (nSPS) is 10.4. The monoisotopic (exact) mass is 227 g/mol. The van der Waals surface area contributed by atoms with Crippen LogP contribution in [0.3, 0.4) is 0 Å². The van der Waals surface area contributed by atoms with Crippen molar-refractivity contribution in [1.82, 2.24) is 0 Å². The van der Waals surface area contributed by atoms with E-state index in [2.05, 4.69) is 24.5 Å². The summed E-state index contributed by atoms with van der Waals surface area (Å²) < 4.78 is 21.9. The van der Waals surface area contributed by atoms with E-state index in [1.54, 1.807) is 12.1 Å². The summed E-state index contributed by atoms with van der Waals surface area (Å²) in [7, 11) is -3.64. The molecule has 74 valence electrons. The fraction of sp³-hybridized carbons (Fsp3) is 0.111. The summed E-state index contributed by atoms with van der Waals surface area (Å²) in [6.07, 6.45) is 0. The number of hydrogen-bond donors (Lipinski definition) is 2. The third-order valence-corrected chi connectivity index (χ3v) is 2.54. The van der Waals surface area contributed by atoms with Gasteiger partial charge in [-0.25, -0.2) is 13.6 Å². The zero-order valence-corrected chi connectivity index (χ0v) is 8.98. The van der Waals surface area contributed by atoms with Crippen molar-refractivity contribution in [1.29, 1.82) is 0 Å². The van der Waals surface area contributed by atoms with E-state index in [0.29, 0.717) is 11.3 Å². The molecule has 0 spiro atoms. The predicted molar refractivity (Wildman–Crippen MR) is 58.5 cm³/mol. The van der Waals surface area contributed by atoms with E-state index in [0.717, 1.165) is 0 Å². The summed E-state index contributed by atoms with van der Waals surface area (Å²) in [5.41, 5.74) is 0.616. The lowest BCUT2D eigenvalue weighted by atomic mass is 10.2. The highest BCUT2D eigenvalue weighted by molar-refractivity contribution is 7.89. The van der Waals surface area contributed by atoms with Crippen LogP contribution in [-0.4, -0.2) is 14.2 Å². The van der Waals surface area contributed by atoms with Gasteiger partial charge in [0.05, 0.1) is 10.6 Å². The van der Waals surface area contributed by atoms with Crippen LogP contribution < -0.4 is 5.14 Å². The third-order valence-electron chi connectivity index (χ3n) is 1.47. The lowest BCUT2D eigenvalue weighted by Crippen LogP contribution is -2.11. The molecule has 1 aromatic rings. The van der Waals surface area contributed by atoms with Crippen molar-refractivity contribution in [3.8, 4) is 11.8 Å². The van der Waals surface area contributed by atoms with Gasteiger partial charge in [-0.1, -0.05) is 17.9 Å². The van der Waals surface area contributed by atoms with Crippen molar-refractivity contribution in [2.45, 2.75) is 4.90 Å². The van der Waals surface area contributed by atoms with Gasteiger partial charge in [0.2, 0.25) is 10.0 Å². The standard InChI is InChI=1S/C9H9NO2S2/c10-14(11,12)9-5-1-3-8(7-9)4-2-6-13/h1,3,5,7,13H,6H2,(H2,10,11,12). The molecule has 0 saturated carbocycles. The molecule has 0 fully saturated rings. The fourth-order valence-electron chi connectivity index (χ4n) is 0.892. The molecule has 0 bridgehead atoms. The van der Waals surface area contributed by atoms with Gasteiger partial charge in [-0.15, -0.1) is 0 Å². The number of sulfonamides is 1. The van der Waals surface area contributed by atoms with Crippen LogP contribution in [0, 0.1) is 11.8 Å². The molecule has 0 saturated heterocycles. The van der Waals surface area contributed by atoms with Gasteiger partial charge in [-0.05, 0) is 18.2 Å². The molecular formula is C9H9NO2S2. The van der Waals surface area contributed by atoms with Crippen LogP contribution in [0.1, 0.15) is 5.56 Å². The molecule has 3 nitrogen and oxygen atoms in total. The van der Waals surface area contributed by atoms with Crippen LogP contribution in [0.2, 0.25) is 0 Å².